The Bertz CT molecular complexity index is 1020. The normalized spacial score (nSPS) is 15.7. The van der Waals surface area contributed by atoms with Gasteiger partial charge in [0, 0.05) is 55.3 Å². The Labute approximate surface area is 181 Å². The van der Waals surface area contributed by atoms with Gasteiger partial charge in [0.05, 0.1) is 4.90 Å². The largest absolute Gasteiger partial charge is 0.326 e. The van der Waals surface area contributed by atoms with Crippen molar-refractivity contribution in [1.29, 1.82) is 0 Å². The van der Waals surface area contributed by atoms with Crippen molar-refractivity contribution in [2.45, 2.75) is 17.7 Å². The van der Waals surface area contributed by atoms with Gasteiger partial charge < -0.3 is 10.2 Å². The van der Waals surface area contributed by atoms with Gasteiger partial charge in [0.25, 0.3) is 0 Å². The summed E-state index contributed by atoms with van der Waals surface area (Å²) in [5, 5.41) is 3.21. The van der Waals surface area contributed by atoms with Gasteiger partial charge in [-0.25, -0.2) is 8.42 Å². The predicted octanol–water partition coefficient (Wildman–Crippen LogP) is 2.88. The van der Waals surface area contributed by atoms with Crippen molar-refractivity contribution in [2.24, 2.45) is 0 Å². The molecule has 0 atom stereocenters. The number of anilines is 1. The molecule has 1 saturated heterocycles. The molecule has 160 valence electrons. The Balaban J connectivity index is 1.60. The molecule has 1 heterocycles. The minimum Gasteiger partial charge on any atom is -0.326 e. The lowest BCUT2D eigenvalue weighted by Crippen LogP contribution is -2.47. The minimum absolute atomic E-state index is 0.00308. The van der Waals surface area contributed by atoms with Crippen LogP contribution in [0.2, 0.25) is 5.02 Å². The molecule has 0 aliphatic carbocycles. The molecular weight excluding hydrogens is 426 g/mol. The highest BCUT2D eigenvalue weighted by molar-refractivity contribution is 7.89. The van der Waals surface area contributed by atoms with E-state index in [1.807, 2.05) is 7.05 Å². The zero-order chi connectivity index (χ0) is 21.7. The lowest BCUT2D eigenvalue weighted by molar-refractivity contribution is -0.116. The highest BCUT2D eigenvalue weighted by Gasteiger charge is 2.27. The fourth-order valence-electron chi connectivity index (χ4n) is 3.14. The molecule has 2 aromatic carbocycles. The lowest BCUT2D eigenvalue weighted by Gasteiger charge is -2.31. The first-order valence-electron chi connectivity index (χ1n) is 9.63. The molecule has 1 aliphatic rings. The van der Waals surface area contributed by atoms with Gasteiger partial charge in [-0.2, -0.15) is 4.31 Å². The van der Waals surface area contributed by atoms with E-state index in [0.29, 0.717) is 42.5 Å². The minimum atomic E-state index is -3.62. The summed E-state index contributed by atoms with van der Waals surface area (Å²) in [5.74, 6) is -0.514. The van der Waals surface area contributed by atoms with E-state index in [4.69, 9.17) is 11.6 Å². The second kappa shape index (κ2) is 9.70. The summed E-state index contributed by atoms with van der Waals surface area (Å²) in [5.41, 5.74) is 0.876. The zero-order valence-corrected chi connectivity index (χ0v) is 18.2. The number of hydrogen-bond acceptors (Lipinski definition) is 5. The van der Waals surface area contributed by atoms with E-state index in [1.165, 1.54) is 16.4 Å². The second-order valence-electron chi connectivity index (χ2n) is 7.21. The van der Waals surface area contributed by atoms with Crippen LogP contribution in [0.15, 0.2) is 53.4 Å². The Hall–Kier alpha value is -2.26. The van der Waals surface area contributed by atoms with Gasteiger partial charge in [0.15, 0.2) is 5.78 Å². The fourth-order valence-corrected chi connectivity index (χ4v) is 4.74. The molecule has 30 heavy (non-hydrogen) atoms. The smallest absolute Gasteiger partial charge is 0.243 e. The van der Waals surface area contributed by atoms with Crippen molar-refractivity contribution in [2.75, 3.05) is 38.5 Å². The number of sulfonamides is 1. The molecule has 2 aromatic rings. The number of nitrogens with one attached hydrogen (secondary N) is 1. The number of Topliss-reactive ketones (excluding diaryl/α,β-unsaturated/α-hetero) is 1. The van der Waals surface area contributed by atoms with Crippen LogP contribution in [0, 0.1) is 0 Å². The van der Waals surface area contributed by atoms with E-state index in [1.54, 1.807) is 36.4 Å². The Morgan fingerprint density at radius 2 is 1.67 bits per heavy atom. The summed E-state index contributed by atoms with van der Waals surface area (Å²) >= 11 is 5.81. The molecule has 3 rings (SSSR count). The monoisotopic (exact) mass is 449 g/mol. The van der Waals surface area contributed by atoms with Crippen LogP contribution in [0.4, 0.5) is 5.69 Å². The molecule has 1 amide bonds. The van der Waals surface area contributed by atoms with Gasteiger partial charge in [0.1, 0.15) is 0 Å². The van der Waals surface area contributed by atoms with E-state index in [-0.39, 0.29) is 29.4 Å². The average molecular weight is 450 g/mol. The number of carbonyl (C=O) groups excluding carboxylic acids is 2. The quantitative estimate of drug-likeness (QED) is 0.657. The predicted molar refractivity (Wildman–Crippen MR) is 116 cm³/mol. The van der Waals surface area contributed by atoms with Crippen LogP contribution in [-0.2, 0) is 14.8 Å². The van der Waals surface area contributed by atoms with Crippen LogP contribution in [0.5, 0.6) is 0 Å². The molecule has 0 saturated carbocycles. The molecule has 1 fully saturated rings. The van der Waals surface area contributed by atoms with Crippen molar-refractivity contribution in [3.63, 3.8) is 0 Å². The summed E-state index contributed by atoms with van der Waals surface area (Å²) in [4.78, 5) is 26.7. The highest BCUT2D eigenvalue weighted by atomic mass is 35.5. The van der Waals surface area contributed by atoms with E-state index < -0.39 is 10.0 Å². The van der Waals surface area contributed by atoms with Crippen molar-refractivity contribution in [3.8, 4) is 0 Å². The number of rotatable bonds is 7. The van der Waals surface area contributed by atoms with Gasteiger partial charge in [-0.1, -0.05) is 17.7 Å². The van der Waals surface area contributed by atoms with Crippen molar-refractivity contribution >= 4 is 39.0 Å². The summed E-state index contributed by atoms with van der Waals surface area (Å²) in [7, 11) is -1.66. The first-order valence-corrected chi connectivity index (χ1v) is 11.4. The SMILES string of the molecule is CN1CCN(S(=O)(=O)c2cccc(NC(=O)CCC(=O)c3ccc(Cl)cc3)c2)CC1. The standard InChI is InChI=1S/C21H24ClN3O4S/c1-24-11-13-25(14-12-24)30(28,29)19-4-2-3-18(15-19)23-21(27)10-9-20(26)16-5-7-17(22)8-6-16/h2-8,15H,9-14H2,1H3,(H,23,27). The highest BCUT2D eigenvalue weighted by Crippen LogP contribution is 2.21. The number of piperazine rings is 1. The number of benzene rings is 2. The second-order valence-corrected chi connectivity index (χ2v) is 9.59. The number of carbonyl (C=O) groups is 2. The summed E-state index contributed by atoms with van der Waals surface area (Å²) < 4.78 is 27.2. The average Bonchev–Trinajstić information content (AvgIpc) is 2.73. The van der Waals surface area contributed by atoms with Crippen LogP contribution < -0.4 is 5.32 Å². The Morgan fingerprint density at radius 1 is 1.00 bits per heavy atom. The van der Waals surface area contributed by atoms with Gasteiger partial charge in [0.2, 0.25) is 15.9 Å². The van der Waals surface area contributed by atoms with Crippen LogP contribution >= 0.6 is 11.6 Å². The molecule has 0 radical (unpaired) electrons. The summed E-state index contributed by atoms with van der Waals surface area (Å²) in [6.45, 7) is 2.22. The summed E-state index contributed by atoms with van der Waals surface area (Å²) in [6.07, 6.45) is 0.0453. The molecule has 9 heteroatoms. The van der Waals surface area contributed by atoms with E-state index in [9.17, 15) is 18.0 Å². The Kier molecular flexibility index (Phi) is 7.25. The van der Waals surface area contributed by atoms with Crippen LogP contribution in [0.25, 0.3) is 0 Å². The van der Waals surface area contributed by atoms with Crippen LogP contribution in [0.1, 0.15) is 23.2 Å². The van der Waals surface area contributed by atoms with Crippen molar-refractivity contribution in [3.05, 3.63) is 59.1 Å². The maximum Gasteiger partial charge on any atom is 0.243 e. The first-order chi connectivity index (χ1) is 14.3. The number of nitrogens with zero attached hydrogens (tertiary/aromatic N) is 2. The molecule has 7 nitrogen and oxygen atoms in total. The van der Waals surface area contributed by atoms with Crippen molar-refractivity contribution in [1.82, 2.24) is 9.21 Å². The van der Waals surface area contributed by atoms with Gasteiger partial charge in [-0.05, 0) is 49.5 Å². The van der Waals surface area contributed by atoms with Crippen LogP contribution in [0.3, 0.4) is 0 Å². The first kappa shape index (κ1) is 22.4. The Morgan fingerprint density at radius 3 is 2.33 bits per heavy atom. The van der Waals surface area contributed by atoms with E-state index in [0.717, 1.165) is 0 Å². The molecule has 0 bridgehead atoms. The third-order valence-electron chi connectivity index (χ3n) is 4.96. The van der Waals surface area contributed by atoms with Gasteiger partial charge >= 0.3 is 0 Å². The number of ketones is 1. The lowest BCUT2D eigenvalue weighted by atomic mass is 10.1. The maximum absolute atomic E-state index is 12.9. The van der Waals surface area contributed by atoms with Gasteiger partial charge in [-0.3, -0.25) is 9.59 Å². The van der Waals surface area contributed by atoms with Crippen LogP contribution in [-0.4, -0.2) is 62.5 Å². The zero-order valence-electron chi connectivity index (χ0n) is 16.7. The molecule has 0 unspecified atom stereocenters. The molecule has 0 spiro atoms. The third-order valence-corrected chi connectivity index (χ3v) is 7.11. The van der Waals surface area contributed by atoms with Crippen molar-refractivity contribution < 1.29 is 18.0 Å². The number of hydrogen-bond donors (Lipinski definition) is 1. The summed E-state index contributed by atoms with van der Waals surface area (Å²) in [6, 6.07) is 12.7. The number of amides is 1. The third kappa shape index (κ3) is 5.66. The number of likely N-dealkylation sites (N-methyl/N-ethyl adjacent to an activating group) is 1. The molecule has 0 aromatic heterocycles. The molecule has 1 aliphatic heterocycles. The fraction of sp³-hybridized carbons (Fsp3) is 0.333. The topological polar surface area (TPSA) is 86.8 Å². The van der Waals surface area contributed by atoms with E-state index in [2.05, 4.69) is 10.2 Å². The van der Waals surface area contributed by atoms with Gasteiger partial charge in [-0.15, -0.1) is 0 Å². The van der Waals surface area contributed by atoms with E-state index >= 15 is 0 Å². The molecular formula is C21H24ClN3O4S. The molecule has 1 N–H and O–H groups in total. The number of halogens is 1. The maximum atomic E-state index is 12.9.